The Morgan fingerprint density at radius 3 is 2.36 bits per heavy atom. The van der Waals surface area contributed by atoms with Crippen LogP contribution in [0.3, 0.4) is 0 Å². The number of aromatic nitrogens is 1. The molecule has 1 heterocycles. The molecule has 0 bridgehead atoms. The van der Waals surface area contributed by atoms with Gasteiger partial charge in [-0.25, -0.2) is 0 Å². The molecule has 0 unspecified atom stereocenters. The number of rotatable bonds is 5. The Bertz CT molecular complexity index is 743. The molecule has 0 aliphatic carbocycles. The Morgan fingerprint density at radius 2 is 1.59 bits per heavy atom. The van der Waals surface area contributed by atoms with E-state index >= 15 is 0 Å². The Kier molecular flexibility index (Phi) is 4.29. The number of para-hydroxylation sites is 1. The number of nitrogens with zero attached hydrogens (tertiary/aromatic N) is 1. The van der Waals surface area contributed by atoms with Crippen molar-refractivity contribution >= 4 is 0 Å². The molecule has 0 fully saturated rings. The van der Waals surface area contributed by atoms with Crippen LogP contribution in [-0.4, -0.2) is 11.7 Å². The lowest BCUT2D eigenvalue weighted by molar-refractivity contribution is 0.416. The predicted octanol–water partition coefficient (Wildman–Crippen LogP) is 4.71. The van der Waals surface area contributed by atoms with Gasteiger partial charge in [-0.2, -0.15) is 0 Å². The summed E-state index contributed by atoms with van der Waals surface area (Å²) in [5.74, 6) is 0.923. The summed E-state index contributed by atoms with van der Waals surface area (Å²) in [6, 6.07) is 21.0. The minimum Gasteiger partial charge on any atom is -0.496 e. The second-order valence-electron chi connectivity index (χ2n) is 5.44. The lowest BCUT2D eigenvalue weighted by atomic mass is 10.1. The highest BCUT2D eigenvalue weighted by atomic mass is 16.5. The monoisotopic (exact) mass is 291 g/mol. The maximum absolute atomic E-state index is 5.48. The van der Waals surface area contributed by atoms with Gasteiger partial charge in [-0.1, -0.05) is 48.5 Å². The zero-order chi connectivity index (χ0) is 15.4. The van der Waals surface area contributed by atoms with Gasteiger partial charge in [0.05, 0.1) is 7.11 Å². The van der Waals surface area contributed by atoms with E-state index in [1.807, 2.05) is 12.1 Å². The first-order valence-electron chi connectivity index (χ1n) is 7.62. The zero-order valence-electron chi connectivity index (χ0n) is 13.1. The first kappa shape index (κ1) is 14.5. The van der Waals surface area contributed by atoms with Crippen LogP contribution in [0.4, 0.5) is 0 Å². The molecule has 22 heavy (non-hydrogen) atoms. The van der Waals surface area contributed by atoms with E-state index in [9.17, 15) is 0 Å². The molecule has 0 spiro atoms. The molecule has 2 aromatic carbocycles. The molecular formula is C20H21NO. The van der Waals surface area contributed by atoms with Crippen LogP contribution in [0.15, 0.2) is 66.9 Å². The van der Waals surface area contributed by atoms with Crippen molar-refractivity contribution in [2.75, 3.05) is 7.11 Å². The molecule has 0 amide bonds. The lowest BCUT2D eigenvalue weighted by Crippen LogP contribution is -2.02. The van der Waals surface area contributed by atoms with Gasteiger partial charge in [-0.3, -0.25) is 0 Å². The van der Waals surface area contributed by atoms with Crippen molar-refractivity contribution in [3.63, 3.8) is 0 Å². The van der Waals surface area contributed by atoms with Crippen molar-refractivity contribution in [1.29, 1.82) is 0 Å². The maximum atomic E-state index is 5.48. The summed E-state index contributed by atoms with van der Waals surface area (Å²) in [6.07, 6.45) is 3.21. The highest BCUT2D eigenvalue weighted by Crippen LogP contribution is 2.32. The first-order valence-corrected chi connectivity index (χ1v) is 7.62. The van der Waals surface area contributed by atoms with Gasteiger partial charge >= 0.3 is 0 Å². The minimum atomic E-state index is 0.923. The molecule has 0 N–H and O–H groups in total. The zero-order valence-corrected chi connectivity index (χ0v) is 13.1. The van der Waals surface area contributed by atoms with E-state index in [-0.39, 0.29) is 0 Å². The van der Waals surface area contributed by atoms with Gasteiger partial charge < -0.3 is 9.30 Å². The van der Waals surface area contributed by atoms with Crippen LogP contribution < -0.4 is 4.74 Å². The summed E-state index contributed by atoms with van der Waals surface area (Å²) >= 11 is 0. The molecule has 0 aliphatic heterocycles. The average Bonchev–Trinajstić information content (AvgIpc) is 2.94. The summed E-state index contributed by atoms with van der Waals surface area (Å²) < 4.78 is 7.80. The van der Waals surface area contributed by atoms with Gasteiger partial charge in [0.15, 0.2) is 0 Å². The lowest BCUT2D eigenvalue weighted by Gasteiger charge is -2.10. The Labute approximate surface area is 132 Å². The molecule has 0 saturated carbocycles. The van der Waals surface area contributed by atoms with Crippen LogP contribution in [0.1, 0.15) is 11.3 Å². The summed E-state index contributed by atoms with van der Waals surface area (Å²) in [7, 11) is 1.72. The summed E-state index contributed by atoms with van der Waals surface area (Å²) in [5, 5.41) is 0. The third-order valence-corrected chi connectivity index (χ3v) is 4.12. The van der Waals surface area contributed by atoms with Crippen molar-refractivity contribution < 1.29 is 4.74 Å². The maximum Gasteiger partial charge on any atom is 0.126 e. The van der Waals surface area contributed by atoms with Crippen LogP contribution in [0.2, 0.25) is 0 Å². The normalized spacial score (nSPS) is 10.6. The van der Waals surface area contributed by atoms with E-state index in [0.29, 0.717) is 0 Å². The second-order valence-corrected chi connectivity index (χ2v) is 5.44. The quantitative estimate of drug-likeness (QED) is 0.663. The molecule has 2 nitrogen and oxygen atoms in total. The summed E-state index contributed by atoms with van der Waals surface area (Å²) in [6.45, 7) is 3.16. The molecule has 0 radical (unpaired) electrons. The summed E-state index contributed by atoms with van der Waals surface area (Å²) in [5.41, 5.74) is 5.04. The van der Waals surface area contributed by atoms with E-state index in [1.165, 1.54) is 16.8 Å². The number of methoxy groups -OCH3 is 1. The SMILES string of the molecule is COc1ccccc1-c1ccn(CCc2ccccc2)c1C. The highest BCUT2D eigenvalue weighted by molar-refractivity contribution is 5.72. The molecule has 0 atom stereocenters. The van der Waals surface area contributed by atoms with Crippen molar-refractivity contribution in [3.8, 4) is 16.9 Å². The number of hydrogen-bond acceptors (Lipinski definition) is 1. The van der Waals surface area contributed by atoms with Gasteiger partial charge in [0.2, 0.25) is 0 Å². The van der Waals surface area contributed by atoms with E-state index in [2.05, 4.69) is 66.2 Å². The standard InChI is InChI=1S/C20H21NO/c1-16-18(19-10-6-7-11-20(19)22-2)13-15-21(16)14-12-17-8-4-3-5-9-17/h3-11,13,15H,12,14H2,1-2H3. The molecule has 0 saturated heterocycles. The number of hydrogen-bond donors (Lipinski definition) is 0. The van der Waals surface area contributed by atoms with Crippen LogP contribution >= 0.6 is 0 Å². The van der Waals surface area contributed by atoms with Crippen molar-refractivity contribution in [2.24, 2.45) is 0 Å². The van der Waals surface area contributed by atoms with Crippen molar-refractivity contribution in [3.05, 3.63) is 78.1 Å². The van der Waals surface area contributed by atoms with Gasteiger partial charge in [-0.05, 0) is 31.0 Å². The minimum absolute atomic E-state index is 0.923. The van der Waals surface area contributed by atoms with Crippen LogP contribution in [0.25, 0.3) is 11.1 Å². The summed E-state index contributed by atoms with van der Waals surface area (Å²) in [4.78, 5) is 0. The molecular weight excluding hydrogens is 270 g/mol. The van der Waals surface area contributed by atoms with Crippen LogP contribution in [-0.2, 0) is 13.0 Å². The highest BCUT2D eigenvalue weighted by Gasteiger charge is 2.11. The molecule has 2 heteroatoms. The van der Waals surface area contributed by atoms with Crippen molar-refractivity contribution in [2.45, 2.75) is 19.9 Å². The molecule has 3 aromatic rings. The number of ether oxygens (including phenoxy) is 1. The molecule has 3 rings (SSSR count). The number of benzene rings is 2. The fourth-order valence-electron chi connectivity index (χ4n) is 2.84. The predicted molar refractivity (Wildman–Crippen MR) is 91.3 cm³/mol. The van der Waals surface area contributed by atoms with Crippen molar-refractivity contribution in [1.82, 2.24) is 4.57 Å². The smallest absolute Gasteiger partial charge is 0.126 e. The van der Waals surface area contributed by atoms with Crippen LogP contribution in [0, 0.1) is 6.92 Å². The third-order valence-electron chi connectivity index (χ3n) is 4.12. The molecule has 112 valence electrons. The van der Waals surface area contributed by atoms with E-state index < -0.39 is 0 Å². The van der Waals surface area contributed by atoms with Crippen LogP contribution in [0.5, 0.6) is 5.75 Å². The fraction of sp³-hybridized carbons (Fsp3) is 0.200. The second kappa shape index (κ2) is 6.52. The average molecular weight is 291 g/mol. The van der Waals surface area contributed by atoms with E-state index in [1.54, 1.807) is 7.11 Å². The Hall–Kier alpha value is -2.48. The topological polar surface area (TPSA) is 14.2 Å². The largest absolute Gasteiger partial charge is 0.496 e. The molecule has 1 aromatic heterocycles. The van der Waals surface area contributed by atoms with E-state index in [0.717, 1.165) is 24.3 Å². The first-order chi connectivity index (χ1) is 10.8. The number of aryl methyl sites for hydroxylation is 2. The van der Waals surface area contributed by atoms with Gasteiger partial charge in [-0.15, -0.1) is 0 Å². The fourth-order valence-corrected chi connectivity index (χ4v) is 2.84. The Morgan fingerprint density at radius 1 is 0.864 bits per heavy atom. The van der Waals surface area contributed by atoms with Gasteiger partial charge in [0.25, 0.3) is 0 Å². The van der Waals surface area contributed by atoms with Gasteiger partial charge in [0, 0.05) is 29.6 Å². The van der Waals surface area contributed by atoms with Gasteiger partial charge in [0.1, 0.15) is 5.75 Å². The Balaban J connectivity index is 1.83. The van der Waals surface area contributed by atoms with E-state index in [4.69, 9.17) is 4.74 Å². The third kappa shape index (κ3) is 2.91. The molecule has 0 aliphatic rings.